The summed E-state index contributed by atoms with van der Waals surface area (Å²) in [7, 11) is 0. The van der Waals surface area contributed by atoms with Crippen LogP contribution >= 0.6 is 0 Å². The van der Waals surface area contributed by atoms with Crippen molar-refractivity contribution in [3.63, 3.8) is 0 Å². The van der Waals surface area contributed by atoms with Crippen LogP contribution in [0.3, 0.4) is 0 Å². The summed E-state index contributed by atoms with van der Waals surface area (Å²) in [6.45, 7) is 3.63. The molecule has 3 aromatic carbocycles. The molecule has 4 aromatic rings. The quantitative estimate of drug-likeness (QED) is 0.359. The van der Waals surface area contributed by atoms with Gasteiger partial charge in [-0.05, 0) is 49.2 Å². The van der Waals surface area contributed by atoms with E-state index >= 15 is 0 Å². The van der Waals surface area contributed by atoms with Crippen LogP contribution in [0.15, 0.2) is 103 Å². The summed E-state index contributed by atoms with van der Waals surface area (Å²) in [6, 6.07) is 31.0. The van der Waals surface area contributed by atoms with E-state index in [9.17, 15) is 9.59 Å². The van der Waals surface area contributed by atoms with Crippen LogP contribution in [0.5, 0.6) is 0 Å². The van der Waals surface area contributed by atoms with Crippen molar-refractivity contribution < 1.29 is 9.59 Å². The molecule has 0 aliphatic carbocycles. The van der Waals surface area contributed by atoms with Crippen LogP contribution < -0.4 is 9.80 Å². The third-order valence-corrected chi connectivity index (χ3v) is 6.54. The number of carbonyl (C=O) groups is 2. The summed E-state index contributed by atoms with van der Waals surface area (Å²) in [6.07, 6.45) is 2.28. The van der Waals surface area contributed by atoms with Gasteiger partial charge in [0.25, 0.3) is 5.91 Å². The molecule has 2 amide bonds. The number of fused-ring (bicyclic) bond motifs is 1. The standard InChI is InChI=1S/C30H27N3O2/c1-21-19-29(33(22(2)34)25-13-7-4-8-14-25)26-15-9-10-16-28(26)32(21)30(35)24-17-18-27(31-20-24)23-11-5-3-6-12-23/h3-18,20-21,29H,19H2,1-2H3/t21-,29+/m0/s1. The number of amides is 2. The van der Waals surface area contributed by atoms with E-state index in [1.165, 1.54) is 0 Å². The number of para-hydroxylation sites is 2. The maximum Gasteiger partial charge on any atom is 0.260 e. The van der Waals surface area contributed by atoms with Crippen molar-refractivity contribution in [3.8, 4) is 11.3 Å². The van der Waals surface area contributed by atoms with Crippen LogP contribution in [0.2, 0.25) is 0 Å². The molecule has 0 saturated heterocycles. The second-order valence-electron chi connectivity index (χ2n) is 8.86. The van der Waals surface area contributed by atoms with Gasteiger partial charge in [0.05, 0.1) is 17.3 Å². The third kappa shape index (κ3) is 4.33. The van der Waals surface area contributed by atoms with Gasteiger partial charge in [0.1, 0.15) is 0 Å². The van der Waals surface area contributed by atoms with Gasteiger partial charge < -0.3 is 9.80 Å². The van der Waals surface area contributed by atoms with Crippen LogP contribution in [0.4, 0.5) is 11.4 Å². The fourth-order valence-corrected chi connectivity index (χ4v) is 4.94. The molecule has 1 aliphatic rings. The summed E-state index contributed by atoms with van der Waals surface area (Å²) in [5, 5.41) is 0. The molecule has 174 valence electrons. The summed E-state index contributed by atoms with van der Waals surface area (Å²) < 4.78 is 0. The monoisotopic (exact) mass is 461 g/mol. The van der Waals surface area contributed by atoms with E-state index in [0.717, 1.165) is 28.2 Å². The molecule has 5 nitrogen and oxygen atoms in total. The lowest BCUT2D eigenvalue weighted by molar-refractivity contribution is -0.117. The number of hydrogen-bond acceptors (Lipinski definition) is 3. The summed E-state index contributed by atoms with van der Waals surface area (Å²) in [4.78, 5) is 34.7. The molecule has 1 aliphatic heterocycles. The fourth-order valence-electron chi connectivity index (χ4n) is 4.94. The van der Waals surface area contributed by atoms with Gasteiger partial charge in [0.2, 0.25) is 5.91 Å². The van der Waals surface area contributed by atoms with Crippen molar-refractivity contribution in [3.05, 3.63) is 114 Å². The van der Waals surface area contributed by atoms with E-state index in [2.05, 4.69) is 4.98 Å². The second kappa shape index (κ2) is 9.55. The van der Waals surface area contributed by atoms with E-state index in [0.29, 0.717) is 12.0 Å². The molecular formula is C30H27N3O2. The minimum Gasteiger partial charge on any atom is -0.305 e. The Bertz CT molecular complexity index is 1340. The van der Waals surface area contributed by atoms with Gasteiger partial charge in [-0.1, -0.05) is 66.7 Å². The lowest BCUT2D eigenvalue weighted by Gasteiger charge is -2.43. The summed E-state index contributed by atoms with van der Waals surface area (Å²) in [5.41, 5.74) is 5.02. The number of aromatic nitrogens is 1. The van der Waals surface area contributed by atoms with Crippen LogP contribution in [-0.2, 0) is 4.79 Å². The molecular weight excluding hydrogens is 434 g/mol. The van der Waals surface area contributed by atoms with Gasteiger partial charge in [-0.3, -0.25) is 14.6 Å². The van der Waals surface area contributed by atoms with E-state index in [-0.39, 0.29) is 23.9 Å². The highest BCUT2D eigenvalue weighted by molar-refractivity contribution is 6.07. The van der Waals surface area contributed by atoms with E-state index in [4.69, 9.17) is 0 Å². The highest BCUT2D eigenvalue weighted by atomic mass is 16.2. The Morgan fingerprint density at radius 3 is 2.17 bits per heavy atom. The Morgan fingerprint density at radius 2 is 1.51 bits per heavy atom. The minimum atomic E-state index is -0.163. The first-order valence-electron chi connectivity index (χ1n) is 11.8. The van der Waals surface area contributed by atoms with E-state index in [1.807, 2.05) is 114 Å². The number of anilines is 2. The fraction of sp³-hybridized carbons (Fsp3) is 0.167. The highest BCUT2D eigenvalue weighted by Crippen LogP contribution is 2.42. The molecule has 0 radical (unpaired) electrons. The number of hydrogen-bond donors (Lipinski definition) is 0. The summed E-state index contributed by atoms with van der Waals surface area (Å²) >= 11 is 0. The third-order valence-electron chi connectivity index (χ3n) is 6.54. The van der Waals surface area contributed by atoms with Gasteiger partial charge in [-0.25, -0.2) is 0 Å². The number of pyridine rings is 1. The molecule has 2 heterocycles. The van der Waals surface area contributed by atoms with Gasteiger partial charge in [-0.2, -0.15) is 0 Å². The molecule has 2 atom stereocenters. The average molecular weight is 462 g/mol. The molecule has 0 fully saturated rings. The van der Waals surface area contributed by atoms with Crippen molar-refractivity contribution in [2.24, 2.45) is 0 Å². The molecule has 0 unspecified atom stereocenters. The van der Waals surface area contributed by atoms with Crippen molar-refractivity contribution in [1.29, 1.82) is 0 Å². The van der Waals surface area contributed by atoms with Gasteiger partial charge in [0.15, 0.2) is 0 Å². The Hall–Kier alpha value is -4.25. The lowest BCUT2D eigenvalue weighted by atomic mass is 9.89. The maximum absolute atomic E-state index is 13.7. The molecule has 1 aromatic heterocycles. The van der Waals surface area contributed by atoms with Crippen LogP contribution in [0.1, 0.15) is 42.2 Å². The molecule has 5 rings (SSSR count). The Balaban J connectivity index is 1.50. The van der Waals surface area contributed by atoms with Gasteiger partial charge in [-0.15, -0.1) is 0 Å². The number of benzene rings is 3. The predicted octanol–water partition coefficient (Wildman–Crippen LogP) is 6.28. The average Bonchev–Trinajstić information content (AvgIpc) is 2.89. The maximum atomic E-state index is 13.7. The number of nitrogens with zero attached hydrogens (tertiary/aromatic N) is 3. The van der Waals surface area contributed by atoms with E-state index in [1.54, 1.807) is 13.1 Å². The van der Waals surface area contributed by atoms with Crippen LogP contribution in [0, 0.1) is 0 Å². The molecule has 0 spiro atoms. The number of carbonyl (C=O) groups excluding carboxylic acids is 2. The highest BCUT2D eigenvalue weighted by Gasteiger charge is 2.38. The SMILES string of the molecule is CC(=O)N(c1ccccc1)[C@@H]1C[C@H](C)N(C(=O)c2ccc(-c3ccccc3)nc2)c2ccccc21. The Labute approximate surface area is 205 Å². The smallest absolute Gasteiger partial charge is 0.260 e. The van der Waals surface area contributed by atoms with Crippen LogP contribution in [0.25, 0.3) is 11.3 Å². The van der Waals surface area contributed by atoms with Crippen LogP contribution in [-0.4, -0.2) is 22.8 Å². The molecule has 0 bridgehead atoms. The first-order valence-corrected chi connectivity index (χ1v) is 11.8. The van der Waals surface area contributed by atoms with Crippen molar-refractivity contribution in [2.45, 2.75) is 32.4 Å². The first kappa shape index (κ1) is 22.5. The predicted molar refractivity (Wildman–Crippen MR) is 139 cm³/mol. The van der Waals surface area contributed by atoms with E-state index < -0.39 is 0 Å². The van der Waals surface area contributed by atoms with Gasteiger partial charge >= 0.3 is 0 Å². The molecule has 0 saturated carbocycles. The first-order chi connectivity index (χ1) is 17.0. The minimum absolute atomic E-state index is 0.0244. The zero-order valence-corrected chi connectivity index (χ0v) is 19.8. The Morgan fingerprint density at radius 1 is 0.857 bits per heavy atom. The normalized spacial score (nSPS) is 16.9. The zero-order valence-electron chi connectivity index (χ0n) is 19.8. The number of rotatable bonds is 4. The Kier molecular flexibility index (Phi) is 6.15. The molecule has 5 heteroatoms. The summed E-state index contributed by atoms with van der Waals surface area (Å²) in [5.74, 6) is -0.117. The molecule has 0 N–H and O–H groups in total. The van der Waals surface area contributed by atoms with Crippen molar-refractivity contribution >= 4 is 23.2 Å². The molecule has 35 heavy (non-hydrogen) atoms. The largest absolute Gasteiger partial charge is 0.305 e. The van der Waals surface area contributed by atoms with Gasteiger partial charge in [0, 0.05) is 36.1 Å². The topological polar surface area (TPSA) is 53.5 Å². The lowest BCUT2D eigenvalue weighted by Crippen LogP contribution is -2.47. The van der Waals surface area contributed by atoms with Crippen molar-refractivity contribution in [1.82, 2.24) is 4.98 Å². The van der Waals surface area contributed by atoms with Crippen molar-refractivity contribution in [2.75, 3.05) is 9.80 Å². The second-order valence-corrected chi connectivity index (χ2v) is 8.86. The zero-order chi connectivity index (χ0) is 24.4.